The summed E-state index contributed by atoms with van der Waals surface area (Å²) in [4.78, 5) is 102. The number of hydrogen-bond acceptors (Lipinski definition) is 12. The molecule has 5 unspecified atom stereocenters. The molecule has 3 saturated carbocycles. The van der Waals surface area contributed by atoms with Crippen molar-refractivity contribution >= 4 is 48.0 Å². The minimum atomic E-state index is -0.745. The maximum absolute atomic E-state index is 13.4. The standard InChI is InChI=1S/C42H62N6O12/c1-26(2)34(49)57-21-17-45-40(55)47(19-23-59-36(51)28(5)6)38(53)43-15-12-30-9-10-32-33(30)31-11-13-42(32,25-31)14-16-44-39(54)48(20-24-60-37(52)29(7)8)41(56)46-18-22-58-35(50)27(3)4/h30-33H,1,3,5,7,9-25H2,2,4,6,8H3,(H,43,53)(H,44,54)(H,45,55)(H,46,56). The van der Waals surface area contributed by atoms with Crippen molar-refractivity contribution in [2.24, 2.45) is 29.1 Å². The second-order valence-corrected chi connectivity index (χ2v) is 15.8. The van der Waals surface area contributed by atoms with Crippen LogP contribution in [0.4, 0.5) is 19.2 Å². The number of nitrogens with one attached hydrogen (secondary N) is 4. The first kappa shape index (κ1) is 48.7. The first-order valence-electron chi connectivity index (χ1n) is 20.4. The third-order valence-electron chi connectivity index (χ3n) is 11.3. The quantitative estimate of drug-likeness (QED) is 0.0522. The Hall–Kier alpha value is -5.68. The van der Waals surface area contributed by atoms with Gasteiger partial charge in [-0.3, -0.25) is 0 Å². The summed E-state index contributed by atoms with van der Waals surface area (Å²) in [5, 5.41) is 10.8. The van der Waals surface area contributed by atoms with E-state index >= 15 is 0 Å². The molecule has 0 heterocycles. The minimum absolute atomic E-state index is 0.0344. The monoisotopic (exact) mass is 842 g/mol. The molecule has 3 rings (SSSR count). The molecule has 0 aromatic heterocycles. The van der Waals surface area contributed by atoms with Gasteiger partial charge < -0.3 is 40.2 Å². The van der Waals surface area contributed by atoms with E-state index in [1.807, 2.05) is 0 Å². The first-order valence-corrected chi connectivity index (χ1v) is 20.4. The Morgan fingerprint density at radius 1 is 0.550 bits per heavy atom. The average molecular weight is 843 g/mol. The lowest BCUT2D eigenvalue weighted by atomic mass is 9.68. The van der Waals surface area contributed by atoms with Gasteiger partial charge in [-0.1, -0.05) is 26.3 Å². The molecule has 0 aromatic rings. The summed E-state index contributed by atoms with van der Waals surface area (Å²) in [5.74, 6) is -0.728. The molecule has 8 amide bonds. The predicted molar refractivity (Wildman–Crippen MR) is 219 cm³/mol. The lowest BCUT2D eigenvalue weighted by Gasteiger charge is -2.37. The summed E-state index contributed by atoms with van der Waals surface area (Å²) in [6.45, 7) is 19.5. The van der Waals surface area contributed by atoms with Crippen LogP contribution in [0.1, 0.15) is 72.6 Å². The maximum atomic E-state index is 13.4. The van der Waals surface area contributed by atoms with Crippen LogP contribution in [0.25, 0.3) is 0 Å². The molecule has 0 aliphatic heterocycles. The van der Waals surface area contributed by atoms with E-state index in [0.717, 1.165) is 48.3 Å². The molecule has 5 atom stereocenters. The molecule has 0 spiro atoms. The van der Waals surface area contributed by atoms with Gasteiger partial charge in [0.05, 0.1) is 26.2 Å². The van der Waals surface area contributed by atoms with E-state index in [-0.39, 0.29) is 80.3 Å². The molecule has 0 radical (unpaired) electrons. The molecule has 0 aromatic carbocycles. The van der Waals surface area contributed by atoms with E-state index in [0.29, 0.717) is 43.2 Å². The smallest absolute Gasteiger partial charge is 0.333 e. The van der Waals surface area contributed by atoms with E-state index in [9.17, 15) is 38.4 Å². The lowest BCUT2D eigenvalue weighted by Crippen LogP contribution is -2.51. The SMILES string of the molecule is C=C(C)C(=O)OCCNC(=O)N(CCOC(=O)C(=C)C)C(=O)NCCC1CCC2C1C1CCC2(CCNC(=O)N(CCOC(=O)C(=C)C)C(=O)NCCOC(=O)C(=C)C)C1. The van der Waals surface area contributed by atoms with Crippen LogP contribution in [0.2, 0.25) is 0 Å². The molecule has 4 N–H and O–H groups in total. The van der Waals surface area contributed by atoms with Gasteiger partial charge in [0.1, 0.15) is 26.4 Å². The fraction of sp³-hybridized carbons (Fsp3) is 0.619. The molecule has 3 fully saturated rings. The number of hydrogen-bond donors (Lipinski definition) is 4. The summed E-state index contributed by atoms with van der Waals surface area (Å²) in [7, 11) is 0. The van der Waals surface area contributed by atoms with E-state index in [2.05, 4.69) is 47.6 Å². The summed E-state index contributed by atoms with van der Waals surface area (Å²) in [5.41, 5.74) is 0.813. The zero-order valence-corrected chi connectivity index (χ0v) is 35.5. The van der Waals surface area contributed by atoms with Gasteiger partial charge in [0, 0.05) is 35.4 Å². The van der Waals surface area contributed by atoms with Crippen LogP contribution in [-0.4, -0.2) is 123 Å². The van der Waals surface area contributed by atoms with Crippen LogP contribution in [0.5, 0.6) is 0 Å². The van der Waals surface area contributed by atoms with Gasteiger partial charge >= 0.3 is 48.0 Å². The first-order chi connectivity index (χ1) is 28.4. The molecule has 60 heavy (non-hydrogen) atoms. The normalized spacial score (nSPS) is 20.7. The molecule has 2 bridgehead atoms. The molecule has 3 aliphatic carbocycles. The van der Waals surface area contributed by atoms with Crippen LogP contribution in [0.3, 0.4) is 0 Å². The number of nitrogens with zero attached hydrogens (tertiary/aromatic N) is 2. The molecule has 18 heteroatoms. The van der Waals surface area contributed by atoms with E-state index in [1.54, 1.807) is 0 Å². The number of ether oxygens (including phenoxy) is 4. The highest BCUT2D eigenvalue weighted by molar-refractivity contribution is 5.94. The van der Waals surface area contributed by atoms with Gasteiger partial charge in [0.15, 0.2) is 0 Å². The second kappa shape index (κ2) is 23.2. The number of fused-ring (bicyclic) bond motifs is 5. The van der Waals surface area contributed by atoms with Crippen LogP contribution in [-0.2, 0) is 38.1 Å². The number of carbonyl (C=O) groups is 8. The van der Waals surface area contributed by atoms with Crippen LogP contribution >= 0.6 is 0 Å². The Bertz CT molecular complexity index is 1700. The zero-order chi connectivity index (χ0) is 44.6. The number of urea groups is 4. The average Bonchev–Trinajstić information content (AvgIpc) is 3.90. The van der Waals surface area contributed by atoms with Crippen molar-refractivity contribution in [2.75, 3.05) is 65.7 Å². The largest absolute Gasteiger partial charge is 0.460 e. The van der Waals surface area contributed by atoms with Crippen molar-refractivity contribution in [3.8, 4) is 0 Å². The summed E-state index contributed by atoms with van der Waals surface area (Å²) in [6, 6.07) is -2.80. The number of amides is 8. The van der Waals surface area contributed by atoms with Crippen LogP contribution in [0.15, 0.2) is 48.6 Å². The molecule has 18 nitrogen and oxygen atoms in total. The van der Waals surface area contributed by atoms with Gasteiger partial charge in [-0.15, -0.1) is 0 Å². The number of esters is 4. The molecule has 3 aliphatic rings. The molecular formula is C42H62N6O12. The highest BCUT2D eigenvalue weighted by atomic mass is 16.5. The fourth-order valence-electron chi connectivity index (χ4n) is 8.46. The van der Waals surface area contributed by atoms with Gasteiger partial charge in [-0.2, -0.15) is 0 Å². The Labute approximate surface area is 351 Å². The van der Waals surface area contributed by atoms with Gasteiger partial charge in [0.2, 0.25) is 0 Å². The highest BCUT2D eigenvalue weighted by Gasteiger charge is 2.60. The lowest BCUT2D eigenvalue weighted by molar-refractivity contribution is -0.139. The van der Waals surface area contributed by atoms with Gasteiger partial charge in [-0.05, 0) is 102 Å². The van der Waals surface area contributed by atoms with Crippen molar-refractivity contribution in [3.05, 3.63) is 48.6 Å². The third kappa shape index (κ3) is 14.0. The summed E-state index contributed by atoms with van der Waals surface area (Å²) in [6.07, 6.45) is 6.57. The van der Waals surface area contributed by atoms with E-state index < -0.39 is 48.0 Å². The number of imide groups is 2. The maximum Gasteiger partial charge on any atom is 0.333 e. The third-order valence-corrected chi connectivity index (χ3v) is 11.3. The molecular weight excluding hydrogens is 780 g/mol. The van der Waals surface area contributed by atoms with Gasteiger partial charge in [0.25, 0.3) is 0 Å². The highest BCUT2D eigenvalue weighted by Crippen LogP contribution is 2.68. The summed E-state index contributed by atoms with van der Waals surface area (Å²) < 4.78 is 20.3. The van der Waals surface area contributed by atoms with Crippen LogP contribution in [0, 0.1) is 29.1 Å². The number of rotatable bonds is 22. The number of carbonyl (C=O) groups excluding carboxylic acids is 8. The fourth-order valence-corrected chi connectivity index (χ4v) is 8.46. The predicted octanol–water partition coefficient (Wildman–Crippen LogP) is 4.13. The Kier molecular flexibility index (Phi) is 18.8. The van der Waals surface area contributed by atoms with E-state index in [4.69, 9.17) is 18.9 Å². The Morgan fingerprint density at radius 3 is 1.38 bits per heavy atom. The Morgan fingerprint density at radius 2 is 0.950 bits per heavy atom. The van der Waals surface area contributed by atoms with Crippen molar-refractivity contribution in [1.29, 1.82) is 0 Å². The van der Waals surface area contributed by atoms with Crippen LogP contribution < -0.4 is 21.3 Å². The zero-order valence-electron chi connectivity index (χ0n) is 35.5. The minimum Gasteiger partial charge on any atom is -0.460 e. The molecule has 0 saturated heterocycles. The Balaban J connectivity index is 1.54. The van der Waals surface area contributed by atoms with Crippen molar-refractivity contribution in [3.63, 3.8) is 0 Å². The summed E-state index contributed by atoms with van der Waals surface area (Å²) >= 11 is 0. The van der Waals surface area contributed by atoms with E-state index in [1.165, 1.54) is 27.7 Å². The van der Waals surface area contributed by atoms with Crippen molar-refractivity contribution in [2.45, 2.75) is 72.6 Å². The van der Waals surface area contributed by atoms with Crippen molar-refractivity contribution < 1.29 is 57.3 Å². The molecule has 332 valence electrons. The van der Waals surface area contributed by atoms with Gasteiger partial charge in [-0.25, -0.2) is 48.2 Å². The van der Waals surface area contributed by atoms with Crippen molar-refractivity contribution in [1.82, 2.24) is 31.1 Å². The topological polar surface area (TPSA) is 228 Å². The second-order valence-electron chi connectivity index (χ2n) is 15.8.